The van der Waals surface area contributed by atoms with E-state index in [0.29, 0.717) is 105 Å². The molecule has 27 nitrogen and oxygen atoms in total. The van der Waals surface area contributed by atoms with E-state index in [0.717, 1.165) is 118 Å². The predicted octanol–water partition coefficient (Wildman–Crippen LogP) is 14.0. The molecule has 9 aromatic carbocycles. The van der Waals surface area contributed by atoms with E-state index in [1.807, 2.05) is 157 Å². The summed E-state index contributed by atoms with van der Waals surface area (Å²) in [6.45, 7) is 10.0. The fraction of sp³-hybridized carbons (Fsp3) is 0.202. The monoisotopic (exact) mass is 1620 g/mol. The number of esters is 3. The Balaban J connectivity index is 0.000000135. The largest absolute Gasteiger partial charge is 0.494 e. The van der Waals surface area contributed by atoms with E-state index >= 15 is 0 Å². The third-order valence-electron chi connectivity index (χ3n) is 21.8. The van der Waals surface area contributed by atoms with Gasteiger partial charge in [-0.2, -0.15) is 10.2 Å². The molecular weight excluding hydrogens is 1530 g/mol. The number of benzene rings is 9. The van der Waals surface area contributed by atoms with Gasteiger partial charge in [0.1, 0.15) is 13.1 Å². The van der Waals surface area contributed by atoms with Gasteiger partial charge in [-0.3, -0.25) is 28.6 Å². The molecule has 1 saturated heterocycles. The average Bonchev–Trinajstić information content (AvgIpc) is 1.63. The Morgan fingerprint density at radius 1 is 0.397 bits per heavy atom. The number of aromatic nitrogens is 7. The Hall–Kier alpha value is -14.8. The lowest BCUT2D eigenvalue weighted by Crippen LogP contribution is -2.48. The molecule has 0 saturated carbocycles. The third kappa shape index (κ3) is 17.3. The number of carbonyl (C=O) groups excluding carboxylic acids is 6. The van der Waals surface area contributed by atoms with Crippen LogP contribution in [-0.4, -0.2) is 192 Å². The summed E-state index contributed by atoms with van der Waals surface area (Å²) in [4.78, 5) is 110. The quantitative estimate of drug-likeness (QED) is 0.0249. The number of piperazine rings is 1. The summed E-state index contributed by atoms with van der Waals surface area (Å²) in [6, 6.07) is 65.4. The number of nitrogens with zero attached hydrogens (tertiary/aromatic N) is 12. The number of methoxy groups -OCH3 is 2. The summed E-state index contributed by atoms with van der Waals surface area (Å²) < 4.78 is 18.3. The van der Waals surface area contributed by atoms with Crippen molar-refractivity contribution in [2.45, 2.75) is 52.3 Å². The van der Waals surface area contributed by atoms with Crippen LogP contribution in [0.25, 0.3) is 32.7 Å². The molecule has 18 rings (SSSR count). The first kappa shape index (κ1) is 80.0. The zero-order chi connectivity index (χ0) is 84.0. The topological polar surface area (TPSA) is 327 Å². The van der Waals surface area contributed by atoms with E-state index < -0.39 is 17.9 Å². The lowest BCUT2D eigenvalue weighted by atomic mass is 10.00. The number of amides is 3. The summed E-state index contributed by atoms with van der Waals surface area (Å²) in [6.07, 6.45) is 8.83. The summed E-state index contributed by atoms with van der Waals surface area (Å²) in [5, 5.41) is 43.5. The van der Waals surface area contributed by atoms with Gasteiger partial charge >= 0.3 is 17.9 Å². The molecular formula is C94H87N15O12. The molecule has 0 bridgehead atoms. The molecule has 121 heavy (non-hydrogen) atoms. The first-order valence-corrected chi connectivity index (χ1v) is 39.8. The Labute approximate surface area is 695 Å². The molecule has 14 aromatic rings. The Kier molecular flexibility index (Phi) is 23.2. The first-order chi connectivity index (χ1) is 58.8. The highest BCUT2D eigenvalue weighted by molar-refractivity contribution is 6.24. The molecule has 5 aromatic heterocycles. The van der Waals surface area contributed by atoms with Crippen LogP contribution in [0.3, 0.4) is 0 Å². The molecule has 1 fully saturated rings. The fourth-order valence-corrected chi connectivity index (χ4v) is 15.8. The standard InChI is InChI=1S/C34H37N5O4.2C30H25N5O4/c1-22(2)43-34(42)25-9-11-27-28(20-25)36-33(41)31(27)32(23-7-5-4-6-8-23)35-26-10-12-29-24(19-26)13-14-39(29)30(40)21-38-17-15-37(3)16-18-38;2*1-39-30(38)21-8-10-23-24(17-21)33-29(37)27(23)28(19-6-3-2-4-7-19)32-22-9-11-25-20(16-22)12-15-35(25)26(36)18-34-14-5-13-31-34/h4-12,19-20,22,36,41H,13-18,21H2,1-3H3;2*2-11,13-14,16-17,33,37H,12,15,18H2,1H3. The summed E-state index contributed by atoms with van der Waals surface area (Å²) in [5.41, 5.74) is 16.8. The average molecular weight is 1620 g/mol. The van der Waals surface area contributed by atoms with Gasteiger partial charge < -0.3 is 64.1 Å². The molecule has 0 spiro atoms. The van der Waals surface area contributed by atoms with Crippen LogP contribution in [0.1, 0.15) is 95.0 Å². The second-order valence-electron chi connectivity index (χ2n) is 30.1. The number of anilines is 3. The van der Waals surface area contributed by atoms with Crippen molar-refractivity contribution < 1.29 is 58.3 Å². The van der Waals surface area contributed by atoms with Crippen LogP contribution in [0.4, 0.5) is 34.1 Å². The molecule has 0 unspecified atom stereocenters. The number of aromatic hydroxyl groups is 3. The van der Waals surface area contributed by atoms with Crippen LogP contribution in [0.5, 0.6) is 17.6 Å². The Bertz CT molecular complexity index is 6080. The molecule has 6 N–H and O–H groups in total. The number of aliphatic imine (C=N–C) groups is 3. The number of aromatic amines is 3. The van der Waals surface area contributed by atoms with Crippen LogP contribution in [-0.2, 0) is 60.9 Å². The maximum atomic E-state index is 13.2. The van der Waals surface area contributed by atoms with Crippen LogP contribution >= 0.6 is 0 Å². The van der Waals surface area contributed by atoms with Crippen LogP contribution < -0.4 is 14.7 Å². The van der Waals surface area contributed by atoms with Crippen molar-refractivity contribution in [2.24, 2.45) is 15.0 Å². The number of carbonyl (C=O) groups is 6. The number of nitrogens with one attached hydrogen (secondary N) is 3. The molecule has 3 amide bonds. The van der Waals surface area contributed by atoms with Crippen molar-refractivity contribution in [3.63, 3.8) is 0 Å². The maximum absolute atomic E-state index is 13.2. The smallest absolute Gasteiger partial charge is 0.338 e. The zero-order valence-electron chi connectivity index (χ0n) is 67.2. The molecule has 0 atom stereocenters. The Morgan fingerprint density at radius 2 is 0.736 bits per heavy atom. The van der Waals surface area contributed by atoms with E-state index in [9.17, 15) is 44.1 Å². The third-order valence-corrected chi connectivity index (χ3v) is 21.8. The lowest BCUT2D eigenvalue weighted by molar-refractivity contribution is -0.120. The van der Waals surface area contributed by atoms with Gasteiger partial charge in [0.25, 0.3) is 0 Å². The van der Waals surface area contributed by atoms with Gasteiger partial charge in [-0.1, -0.05) is 109 Å². The van der Waals surface area contributed by atoms with Gasteiger partial charge in [0.05, 0.1) is 94.4 Å². The fourth-order valence-electron chi connectivity index (χ4n) is 15.8. The van der Waals surface area contributed by atoms with Crippen molar-refractivity contribution in [3.05, 3.63) is 304 Å². The minimum Gasteiger partial charge on any atom is -0.494 e. The molecule has 9 heterocycles. The van der Waals surface area contributed by atoms with Crippen molar-refractivity contribution in [2.75, 3.05) is 88.3 Å². The van der Waals surface area contributed by atoms with Crippen molar-refractivity contribution in [3.8, 4) is 17.6 Å². The lowest BCUT2D eigenvalue weighted by Gasteiger charge is -2.32. The van der Waals surface area contributed by atoms with Gasteiger partial charge in [-0.25, -0.2) is 29.4 Å². The number of fused-ring (bicyclic) bond motifs is 6. The van der Waals surface area contributed by atoms with Gasteiger partial charge in [-0.05, 0) is 160 Å². The Morgan fingerprint density at radius 3 is 1.06 bits per heavy atom. The van der Waals surface area contributed by atoms with Gasteiger partial charge in [0, 0.05) is 137 Å². The van der Waals surface area contributed by atoms with E-state index in [1.165, 1.54) is 14.2 Å². The van der Waals surface area contributed by atoms with Crippen LogP contribution in [0.15, 0.2) is 252 Å². The minimum atomic E-state index is -0.459. The van der Waals surface area contributed by atoms with Crippen LogP contribution in [0, 0.1) is 0 Å². The SMILES string of the molecule is CC(C)OC(=O)c1ccc2c(C(=Nc3ccc4c(c3)CCN4C(=O)CN3CCN(C)CC3)c3ccccc3)c(O)[nH]c2c1.COC(=O)c1ccc2c(C(=Nc3ccc4c(c3)CCN4C(=O)Cn3cccn3)c3ccccc3)c(O)[nH]c2c1.COC(=O)c1ccc2c(C(=Nc3ccc4c(c3)CCN4C(=O)Cn3cccn3)c3ccccc3)c(O)[nH]c2c1. The van der Waals surface area contributed by atoms with Gasteiger partial charge in [0.2, 0.25) is 17.7 Å². The van der Waals surface area contributed by atoms with Gasteiger partial charge in [0.15, 0.2) is 17.6 Å². The molecule has 0 radical (unpaired) electrons. The second kappa shape index (κ2) is 35.2. The summed E-state index contributed by atoms with van der Waals surface area (Å²) in [5.74, 6) is -1.38. The highest BCUT2D eigenvalue weighted by Crippen LogP contribution is 2.40. The molecule has 610 valence electrons. The van der Waals surface area contributed by atoms with Crippen molar-refractivity contribution in [1.82, 2.24) is 44.3 Å². The minimum absolute atomic E-state index is 0.0197. The molecule has 4 aliphatic rings. The van der Waals surface area contributed by atoms with E-state index in [1.54, 1.807) is 118 Å². The number of H-pyrrole nitrogens is 3. The normalized spacial score (nSPS) is 14.2. The highest BCUT2D eigenvalue weighted by Gasteiger charge is 2.32. The van der Waals surface area contributed by atoms with E-state index in [-0.39, 0.29) is 54.6 Å². The number of hydrogen-bond acceptors (Lipinski definition) is 19. The zero-order valence-corrected chi connectivity index (χ0v) is 67.2. The summed E-state index contributed by atoms with van der Waals surface area (Å²) >= 11 is 0. The van der Waals surface area contributed by atoms with E-state index in [2.05, 4.69) is 42.0 Å². The number of likely N-dealkylation sites (N-methyl/N-ethyl adjacent to an activating group) is 1. The van der Waals surface area contributed by atoms with Crippen molar-refractivity contribution in [1.29, 1.82) is 0 Å². The maximum Gasteiger partial charge on any atom is 0.338 e. The van der Waals surface area contributed by atoms with Crippen molar-refractivity contribution >= 4 is 120 Å². The predicted molar refractivity (Wildman–Crippen MR) is 464 cm³/mol. The molecule has 4 aliphatic heterocycles. The summed E-state index contributed by atoms with van der Waals surface area (Å²) in [7, 11) is 4.77. The number of ether oxygens (including phenoxy) is 3. The van der Waals surface area contributed by atoms with Gasteiger partial charge in [-0.15, -0.1) is 0 Å². The van der Waals surface area contributed by atoms with Crippen LogP contribution in [0.2, 0.25) is 0 Å². The number of rotatable bonds is 19. The first-order valence-electron chi connectivity index (χ1n) is 39.8. The molecule has 0 aliphatic carbocycles. The highest BCUT2D eigenvalue weighted by atomic mass is 16.5. The molecule has 27 heteroatoms. The number of hydrogen-bond donors (Lipinski definition) is 6. The second-order valence-corrected chi connectivity index (χ2v) is 30.1. The van der Waals surface area contributed by atoms with E-state index in [4.69, 9.17) is 29.2 Å².